The van der Waals surface area contributed by atoms with E-state index in [1.807, 2.05) is 0 Å². The number of hydrogen-bond acceptors (Lipinski definition) is 1. The standard InChI is InChI=1S/C6H11OPS/c1-3-5-8(7,9)6-4-2/h3-4H,1-2,5-6H2,(H,7,9). The second-order valence-corrected chi connectivity index (χ2v) is 6.25. The van der Waals surface area contributed by atoms with Crippen LogP contribution in [0.2, 0.25) is 0 Å². The summed E-state index contributed by atoms with van der Waals surface area (Å²) in [7, 11) is 0. The van der Waals surface area contributed by atoms with Crippen LogP contribution in [0.3, 0.4) is 0 Å². The minimum atomic E-state index is -2.10. The normalized spacial score (nSPS) is 10.8. The van der Waals surface area contributed by atoms with E-state index in [4.69, 9.17) is 11.8 Å². The van der Waals surface area contributed by atoms with E-state index >= 15 is 0 Å². The second kappa shape index (κ2) is 3.99. The molecule has 0 saturated carbocycles. The van der Waals surface area contributed by atoms with E-state index in [9.17, 15) is 4.89 Å². The van der Waals surface area contributed by atoms with Gasteiger partial charge >= 0.3 is 0 Å². The zero-order valence-corrected chi connectivity index (χ0v) is 7.00. The molecule has 0 aliphatic rings. The van der Waals surface area contributed by atoms with Crippen LogP contribution in [0.5, 0.6) is 0 Å². The summed E-state index contributed by atoms with van der Waals surface area (Å²) in [6, 6.07) is 0. The van der Waals surface area contributed by atoms with Crippen LogP contribution in [0.15, 0.2) is 25.3 Å². The van der Waals surface area contributed by atoms with Gasteiger partial charge in [0.2, 0.25) is 0 Å². The van der Waals surface area contributed by atoms with Crippen LogP contribution in [0.4, 0.5) is 0 Å². The van der Waals surface area contributed by atoms with Gasteiger partial charge in [0.25, 0.3) is 0 Å². The topological polar surface area (TPSA) is 20.2 Å². The first-order valence-electron chi connectivity index (χ1n) is 2.65. The van der Waals surface area contributed by atoms with Crippen molar-refractivity contribution < 1.29 is 4.89 Å². The third-order valence-electron chi connectivity index (χ3n) is 0.829. The van der Waals surface area contributed by atoms with Gasteiger partial charge in [-0.25, -0.2) is 0 Å². The van der Waals surface area contributed by atoms with Crippen molar-refractivity contribution in [2.24, 2.45) is 0 Å². The summed E-state index contributed by atoms with van der Waals surface area (Å²) in [6.07, 6.45) is 2.32. The van der Waals surface area contributed by atoms with E-state index in [1.54, 1.807) is 12.2 Å². The van der Waals surface area contributed by atoms with E-state index < -0.39 is 6.26 Å². The lowest BCUT2D eigenvalue weighted by Gasteiger charge is -2.08. The lowest BCUT2D eigenvalue weighted by Crippen LogP contribution is -1.86. The Kier molecular flexibility index (Phi) is 4.03. The molecule has 1 nitrogen and oxygen atoms in total. The van der Waals surface area contributed by atoms with Gasteiger partial charge in [-0.05, 0) is 0 Å². The summed E-state index contributed by atoms with van der Waals surface area (Å²) in [5, 5.41) is 0. The zero-order valence-electron chi connectivity index (χ0n) is 5.29. The Balaban J connectivity index is 3.85. The zero-order chi connectivity index (χ0) is 7.33. The molecular formula is C6H11OPS. The fourth-order valence-corrected chi connectivity index (χ4v) is 2.07. The van der Waals surface area contributed by atoms with Crippen LogP contribution in [-0.2, 0) is 11.8 Å². The maximum absolute atomic E-state index is 9.30. The van der Waals surface area contributed by atoms with Crippen molar-refractivity contribution in [2.75, 3.05) is 12.3 Å². The van der Waals surface area contributed by atoms with Gasteiger partial charge in [-0.3, -0.25) is 0 Å². The maximum atomic E-state index is 9.30. The molecule has 0 unspecified atom stereocenters. The van der Waals surface area contributed by atoms with Crippen LogP contribution in [-0.4, -0.2) is 17.2 Å². The van der Waals surface area contributed by atoms with Gasteiger partial charge in [0, 0.05) is 12.3 Å². The third kappa shape index (κ3) is 4.58. The van der Waals surface area contributed by atoms with Crippen molar-refractivity contribution in [3.05, 3.63) is 25.3 Å². The number of rotatable bonds is 4. The Hall–Kier alpha value is 0.0900. The molecule has 3 heteroatoms. The molecular weight excluding hydrogens is 151 g/mol. The van der Waals surface area contributed by atoms with Crippen LogP contribution in [0.25, 0.3) is 0 Å². The van der Waals surface area contributed by atoms with Crippen LogP contribution >= 0.6 is 6.26 Å². The quantitative estimate of drug-likeness (QED) is 0.502. The molecule has 0 aliphatic carbocycles. The van der Waals surface area contributed by atoms with E-state index in [-0.39, 0.29) is 0 Å². The largest absolute Gasteiger partial charge is 0.365 e. The monoisotopic (exact) mass is 162 g/mol. The molecule has 0 spiro atoms. The Labute approximate surface area is 61.2 Å². The Morgan fingerprint density at radius 1 is 1.33 bits per heavy atom. The van der Waals surface area contributed by atoms with Crippen molar-refractivity contribution in [1.29, 1.82) is 0 Å². The maximum Gasteiger partial charge on any atom is 0.0707 e. The summed E-state index contributed by atoms with van der Waals surface area (Å²) in [4.78, 5) is 9.30. The highest BCUT2D eigenvalue weighted by Gasteiger charge is 2.05. The molecule has 9 heavy (non-hydrogen) atoms. The van der Waals surface area contributed by atoms with Crippen LogP contribution < -0.4 is 0 Å². The molecule has 0 amide bonds. The molecule has 0 aromatic carbocycles. The van der Waals surface area contributed by atoms with Crippen molar-refractivity contribution in [2.45, 2.75) is 0 Å². The first-order chi connectivity index (χ1) is 4.12. The summed E-state index contributed by atoms with van der Waals surface area (Å²) >= 11 is 4.87. The summed E-state index contributed by atoms with van der Waals surface area (Å²) in [5.74, 6) is 0. The van der Waals surface area contributed by atoms with Gasteiger partial charge < -0.3 is 4.89 Å². The van der Waals surface area contributed by atoms with Gasteiger partial charge in [0.15, 0.2) is 0 Å². The van der Waals surface area contributed by atoms with Gasteiger partial charge in [-0.2, -0.15) is 0 Å². The molecule has 52 valence electrons. The first kappa shape index (κ1) is 9.09. The Morgan fingerprint density at radius 2 is 1.67 bits per heavy atom. The van der Waals surface area contributed by atoms with Gasteiger partial charge in [-0.1, -0.05) is 24.0 Å². The van der Waals surface area contributed by atoms with Crippen molar-refractivity contribution in [3.8, 4) is 0 Å². The lowest BCUT2D eigenvalue weighted by atomic mass is 10.8. The molecule has 0 radical (unpaired) electrons. The summed E-state index contributed by atoms with van der Waals surface area (Å²) < 4.78 is 0. The van der Waals surface area contributed by atoms with Crippen molar-refractivity contribution in [1.82, 2.24) is 0 Å². The van der Waals surface area contributed by atoms with Gasteiger partial charge in [-0.15, -0.1) is 13.2 Å². The molecule has 0 aliphatic heterocycles. The highest BCUT2D eigenvalue weighted by Crippen LogP contribution is 2.40. The van der Waals surface area contributed by atoms with E-state index in [0.717, 1.165) is 0 Å². The summed E-state index contributed by atoms with van der Waals surface area (Å²) in [5.41, 5.74) is 0. The Morgan fingerprint density at radius 3 is 1.89 bits per heavy atom. The van der Waals surface area contributed by atoms with Crippen LogP contribution in [0, 0.1) is 0 Å². The Bertz CT molecular complexity index is 139. The van der Waals surface area contributed by atoms with Crippen molar-refractivity contribution in [3.63, 3.8) is 0 Å². The molecule has 0 bridgehead atoms. The van der Waals surface area contributed by atoms with E-state index in [1.165, 1.54) is 0 Å². The van der Waals surface area contributed by atoms with Crippen LogP contribution in [0.1, 0.15) is 0 Å². The minimum absolute atomic E-state index is 0.550. The lowest BCUT2D eigenvalue weighted by molar-refractivity contribution is 0.627. The van der Waals surface area contributed by atoms with Crippen molar-refractivity contribution >= 4 is 18.1 Å². The molecule has 0 aromatic rings. The fourth-order valence-electron chi connectivity index (χ4n) is 0.478. The molecule has 1 N–H and O–H groups in total. The minimum Gasteiger partial charge on any atom is -0.365 e. The molecule has 0 aromatic heterocycles. The molecule has 0 heterocycles. The number of hydrogen-bond donors (Lipinski definition) is 1. The van der Waals surface area contributed by atoms with Gasteiger partial charge in [0.05, 0.1) is 6.26 Å². The smallest absolute Gasteiger partial charge is 0.0707 e. The molecule has 0 fully saturated rings. The second-order valence-electron chi connectivity index (χ2n) is 1.79. The predicted molar refractivity (Wildman–Crippen MR) is 46.6 cm³/mol. The molecule has 0 atom stereocenters. The number of allylic oxidation sites excluding steroid dienone is 2. The average Bonchev–Trinajstić information content (AvgIpc) is 1.64. The average molecular weight is 162 g/mol. The fraction of sp³-hybridized carbons (Fsp3) is 0.333. The predicted octanol–water partition coefficient (Wildman–Crippen LogP) is 1.75. The SMILES string of the molecule is C=CCP(O)(=S)CC=C. The summed E-state index contributed by atoms with van der Waals surface area (Å²) in [6.45, 7) is 6.99. The highest BCUT2D eigenvalue weighted by molar-refractivity contribution is 8.11. The van der Waals surface area contributed by atoms with Gasteiger partial charge in [0.1, 0.15) is 0 Å². The third-order valence-corrected chi connectivity index (χ3v) is 3.38. The molecule has 0 rings (SSSR count). The van der Waals surface area contributed by atoms with E-state index in [2.05, 4.69) is 13.2 Å². The van der Waals surface area contributed by atoms with E-state index in [0.29, 0.717) is 12.3 Å². The molecule has 0 saturated heterocycles. The first-order valence-corrected chi connectivity index (χ1v) is 5.77. The highest BCUT2D eigenvalue weighted by atomic mass is 32.4.